The number of anilines is 1. The van der Waals surface area contributed by atoms with Gasteiger partial charge in [0.1, 0.15) is 0 Å². The van der Waals surface area contributed by atoms with Crippen LogP contribution in [0.4, 0.5) is 5.13 Å². The molecule has 2 N–H and O–H groups in total. The first kappa shape index (κ1) is 17.1. The molecule has 0 saturated carbocycles. The predicted octanol–water partition coefficient (Wildman–Crippen LogP) is 2.02. The monoisotopic (exact) mass is 315 g/mol. The van der Waals surface area contributed by atoms with Crippen molar-refractivity contribution in [2.45, 2.75) is 19.9 Å². The number of hydrogen-bond donors (Lipinski definition) is 2. The van der Waals surface area contributed by atoms with Gasteiger partial charge in [-0.05, 0) is 25.4 Å². The van der Waals surface area contributed by atoms with Gasteiger partial charge >= 0.3 is 0 Å². The molecule has 114 valence electrons. The summed E-state index contributed by atoms with van der Waals surface area (Å²) < 4.78 is 0. The summed E-state index contributed by atoms with van der Waals surface area (Å²) in [5.41, 5.74) is 1.01. The average Bonchev–Trinajstić information content (AvgIpc) is 2.90. The zero-order chi connectivity index (χ0) is 14.8. The van der Waals surface area contributed by atoms with E-state index in [1.807, 2.05) is 30.8 Å². The SMILES string of the molecule is CCNC(=NCc1csc(N(C)C)n1)NCCCSC. The molecule has 0 bridgehead atoms. The lowest BCUT2D eigenvalue weighted by Crippen LogP contribution is -2.37. The molecule has 0 unspecified atom stereocenters. The van der Waals surface area contributed by atoms with E-state index in [1.165, 1.54) is 5.75 Å². The summed E-state index contributed by atoms with van der Waals surface area (Å²) in [6, 6.07) is 0. The fourth-order valence-corrected chi connectivity index (χ4v) is 2.68. The molecule has 1 aromatic rings. The maximum atomic E-state index is 4.57. The fraction of sp³-hybridized carbons (Fsp3) is 0.692. The third-order valence-electron chi connectivity index (χ3n) is 2.48. The summed E-state index contributed by atoms with van der Waals surface area (Å²) in [6.45, 7) is 4.51. The van der Waals surface area contributed by atoms with Crippen LogP contribution in [0, 0.1) is 0 Å². The molecular weight excluding hydrogens is 290 g/mol. The van der Waals surface area contributed by atoms with E-state index in [2.05, 4.69) is 39.2 Å². The van der Waals surface area contributed by atoms with E-state index in [0.29, 0.717) is 6.54 Å². The van der Waals surface area contributed by atoms with Crippen LogP contribution in [-0.2, 0) is 6.54 Å². The van der Waals surface area contributed by atoms with Gasteiger partial charge in [-0.2, -0.15) is 11.8 Å². The summed E-state index contributed by atoms with van der Waals surface area (Å²) in [6.07, 6.45) is 3.27. The van der Waals surface area contributed by atoms with Crippen LogP contribution in [0.5, 0.6) is 0 Å². The van der Waals surface area contributed by atoms with E-state index in [4.69, 9.17) is 0 Å². The van der Waals surface area contributed by atoms with Crippen molar-refractivity contribution in [1.82, 2.24) is 15.6 Å². The molecule has 0 aliphatic heterocycles. The molecule has 0 fully saturated rings. The topological polar surface area (TPSA) is 52.6 Å². The van der Waals surface area contributed by atoms with Gasteiger partial charge in [0.05, 0.1) is 12.2 Å². The van der Waals surface area contributed by atoms with Crippen molar-refractivity contribution in [3.05, 3.63) is 11.1 Å². The van der Waals surface area contributed by atoms with Gasteiger partial charge < -0.3 is 15.5 Å². The average molecular weight is 316 g/mol. The molecule has 0 radical (unpaired) electrons. The van der Waals surface area contributed by atoms with E-state index < -0.39 is 0 Å². The minimum absolute atomic E-state index is 0.613. The lowest BCUT2D eigenvalue weighted by atomic mass is 10.5. The molecule has 5 nitrogen and oxygen atoms in total. The van der Waals surface area contributed by atoms with Gasteiger partial charge in [0.15, 0.2) is 11.1 Å². The second-order valence-electron chi connectivity index (χ2n) is 4.48. The summed E-state index contributed by atoms with van der Waals surface area (Å²) in [7, 11) is 4.01. The number of thiazole rings is 1. The molecule has 0 spiro atoms. The maximum Gasteiger partial charge on any atom is 0.191 e. The molecule has 1 rings (SSSR count). The predicted molar refractivity (Wildman–Crippen MR) is 92.3 cm³/mol. The summed E-state index contributed by atoms with van der Waals surface area (Å²) in [5, 5.41) is 9.69. The van der Waals surface area contributed by atoms with Gasteiger partial charge in [0.2, 0.25) is 0 Å². The van der Waals surface area contributed by atoms with Crippen LogP contribution in [0.25, 0.3) is 0 Å². The number of aromatic nitrogens is 1. The van der Waals surface area contributed by atoms with Crippen molar-refractivity contribution >= 4 is 34.2 Å². The molecule has 0 aliphatic rings. The van der Waals surface area contributed by atoms with Crippen molar-refractivity contribution in [3.8, 4) is 0 Å². The fourth-order valence-electron chi connectivity index (χ4n) is 1.50. The van der Waals surface area contributed by atoms with Crippen LogP contribution in [-0.4, -0.2) is 50.1 Å². The van der Waals surface area contributed by atoms with Crippen LogP contribution in [0.15, 0.2) is 10.4 Å². The number of thioether (sulfide) groups is 1. The van der Waals surface area contributed by atoms with Crippen molar-refractivity contribution in [3.63, 3.8) is 0 Å². The minimum Gasteiger partial charge on any atom is -0.357 e. The van der Waals surface area contributed by atoms with Gasteiger partial charge in [0, 0.05) is 32.6 Å². The summed E-state index contributed by atoms with van der Waals surface area (Å²) in [5.74, 6) is 2.04. The Labute approximate surface area is 130 Å². The minimum atomic E-state index is 0.613. The number of nitrogens with zero attached hydrogens (tertiary/aromatic N) is 3. The highest BCUT2D eigenvalue weighted by atomic mass is 32.2. The van der Waals surface area contributed by atoms with Gasteiger partial charge in [-0.15, -0.1) is 11.3 Å². The third kappa shape index (κ3) is 6.47. The van der Waals surface area contributed by atoms with Crippen LogP contribution in [0.3, 0.4) is 0 Å². The van der Waals surface area contributed by atoms with Gasteiger partial charge in [-0.1, -0.05) is 0 Å². The number of aliphatic imine (C=N–C) groups is 1. The summed E-state index contributed by atoms with van der Waals surface area (Å²) >= 11 is 3.52. The molecule has 20 heavy (non-hydrogen) atoms. The van der Waals surface area contributed by atoms with Crippen LogP contribution in [0.2, 0.25) is 0 Å². The molecule has 0 atom stereocenters. The van der Waals surface area contributed by atoms with E-state index in [0.717, 1.165) is 36.3 Å². The van der Waals surface area contributed by atoms with E-state index in [-0.39, 0.29) is 0 Å². The quantitative estimate of drug-likeness (QED) is 0.437. The Bertz CT molecular complexity index is 403. The Morgan fingerprint density at radius 2 is 2.25 bits per heavy atom. The largest absolute Gasteiger partial charge is 0.357 e. The molecule has 0 amide bonds. The first-order valence-electron chi connectivity index (χ1n) is 6.80. The Morgan fingerprint density at radius 3 is 2.85 bits per heavy atom. The van der Waals surface area contributed by atoms with E-state index in [1.54, 1.807) is 11.3 Å². The first-order valence-corrected chi connectivity index (χ1v) is 9.07. The van der Waals surface area contributed by atoms with Crippen molar-refractivity contribution in [2.24, 2.45) is 4.99 Å². The number of guanidine groups is 1. The molecule has 1 heterocycles. The maximum absolute atomic E-state index is 4.57. The highest BCUT2D eigenvalue weighted by Crippen LogP contribution is 2.18. The Hall–Kier alpha value is -0.950. The van der Waals surface area contributed by atoms with Crippen molar-refractivity contribution in [1.29, 1.82) is 0 Å². The second-order valence-corrected chi connectivity index (χ2v) is 6.31. The van der Waals surface area contributed by atoms with Crippen molar-refractivity contribution in [2.75, 3.05) is 44.1 Å². The zero-order valence-corrected chi connectivity index (χ0v) is 14.4. The van der Waals surface area contributed by atoms with Gasteiger partial charge in [0.25, 0.3) is 0 Å². The first-order chi connectivity index (χ1) is 9.67. The number of hydrogen-bond acceptors (Lipinski definition) is 5. The Balaban J connectivity index is 2.47. The molecule has 1 aromatic heterocycles. The van der Waals surface area contributed by atoms with E-state index in [9.17, 15) is 0 Å². The van der Waals surface area contributed by atoms with E-state index >= 15 is 0 Å². The Kier molecular flexibility index (Phi) is 8.45. The van der Waals surface area contributed by atoms with Crippen LogP contribution >= 0.6 is 23.1 Å². The molecule has 0 aliphatic carbocycles. The van der Waals surface area contributed by atoms with Crippen molar-refractivity contribution < 1.29 is 0 Å². The van der Waals surface area contributed by atoms with Gasteiger partial charge in [-0.25, -0.2) is 9.98 Å². The highest BCUT2D eigenvalue weighted by molar-refractivity contribution is 7.98. The number of rotatable bonds is 8. The molecular formula is C13H25N5S2. The lowest BCUT2D eigenvalue weighted by Gasteiger charge is -2.10. The van der Waals surface area contributed by atoms with Crippen LogP contribution < -0.4 is 15.5 Å². The lowest BCUT2D eigenvalue weighted by molar-refractivity contribution is 0.788. The molecule has 0 saturated heterocycles. The third-order valence-corrected chi connectivity index (χ3v) is 4.24. The number of nitrogens with one attached hydrogen (secondary N) is 2. The smallest absolute Gasteiger partial charge is 0.191 e. The normalized spacial score (nSPS) is 11.5. The molecule has 0 aromatic carbocycles. The van der Waals surface area contributed by atoms with Crippen LogP contribution in [0.1, 0.15) is 19.0 Å². The standard InChI is InChI=1S/C13H25N5S2/c1-5-14-12(15-7-6-8-19-4)16-9-11-10-20-13(17-11)18(2)3/h10H,5-9H2,1-4H3,(H2,14,15,16). The summed E-state index contributed by atoms with van der Waals surface area (Å²) in [4.78, 5) is 11.1. The zero-order valence-electron chi connectivity index (χ0n) is 12.8. The highest BCUT2D eigenvalue weighted by Gasteiger charge is 2.03. The van der Waals surface area contributed by atoms with Gasteiger partial charge in [-0.3, -0.25) is 0 Å². The second kappa shape index (κ2) is 9.88. The Morgan fingerprint density at radius 1 is 1.45 bits per heavy atom. The molecule has 7 heteroatoms.